The maximum Gasteiger partial charge on any atom is 0.0397 e. The number of nitrogens with one attached hydrogen (secondary N) is 1. The predicted molar refractivity (Wildman–Crippen MR) is 85.3 cm³/mol. The second-order valence-electron chi connectivity index (χ2n) is 5.37. The quantitative estimate of drug-likeness (QED) is 0.933. The van der Waals surface area contributed by atoms with Gasteiger partial charge in [0.1, 0.15) is 0 Å². The first-order valence-corrected chi connectivity index (χ1v) is 8.15. The van der Waals surface area contributed by atoms with Crippen molar-refractivity contribution < 1.29 is 0 Å². The number of rotatable bonds is 4. The second kappa shape index (κ2) is 6.37. The van der Waals surface area contributed by atoms with Gasteiger partial charge in [-0.15, -0.1) is 11.3 Å². The van der Waals surface area contributed by atoms with Gasteiger partial charge in [0.15, 0.2) is 0 Å². The summed E-state index contributed by atoms with van der Waals surface area (Å²) < 4.78 is 0. The molecule has 0 aliphatic carbocycles. The molecular formula is C16H21N3S. The summed E-state index contributed by atoms with van der Waals surface area (Å²) in [6.45, 7) is 4.51. The zero-order chi connectivity index (χ0) is 13.8. The van der Waals surface area contributed by atoms with Crippen molar-refractivity contribution >= 4 is 17.0 Å². The molecule has 3 heterocycles. The third kappa shape index (κ3) is 3.19. The lowest BCUT2D eigenvalue weighted by molar-refractivity contribution is 0.383. The van der Waals surface area contributed by atoms with Crippen LogP contribution in [0.2, 0.25) is 0 Å². The van der Waals surface area contributed by atoms with Gasteiger partial charge in [-0.05, 0) is 43.3 Å². The number of thiophene rings is 1. The van der Waals surface area contributed by atoms with Gasteiger partial charge in [-0.3, -0.25) is 4.98 Å². The van der Waals surface area contributed by atoms with Crippen LogP contribution in [0.1, 0.15) is 30.7 Å². The fourth-order valence-corrected chi connectivity index (χ4v) is 3.58. The molecule has 0 aromatic carbocycles. The van der Waals surface area contributed by atoms with Crippen LogP contribution in [0.5, 0.6) is 0 Å². The Bertz CT molecular complexity index is 504. The molecule has 0 spiro atoms. The summed E-state index contributed by atoms with van der Waals surface area (Å²) in [5, 5.41) is 5.92. The molecule has 2 aromatic heterocycles. The first-order chi connectivity index (χ1) is 9.83. The van der Waals surface area contributed by atoms with E-state index in [2.05, 4.69) is 51.8 Å². The van der Waals surface area contributed by atoms with E-state index in [9.17, 15) is 0 Å². The summed E-state index contributed by atoms with van der Waals surface area (Å²) in [6.07, 6.45) is 6.16. The Hall–Kier alpha value is -1.39. The van der Waals surface area contributed by atoms with Crippen LogP contribution in [-0.4, -0.2) is 24.1 Å². The lowest BCUT2D eigenvalue weighted by Gasteiger charge is -2.35. The van der Waals surface area contributed by atoms with Crippen molar-refractivity contribution in [1.29, 1.82) is 0 Å². The molecule has 0 radical (unpaired) electrons. The topological polar surface area (TPSA) is 28.2 Å². The molecule has 1 N–H and O–H groups in total. The minimum absolute atomic E-state index is 0.465. The molecule has 1 atom stereocenters. The number of aromatic nitrogens is 1. The Morgan fingerprint density at radius 1 is 1.25 bits per heavy atom. The van der Waals surface area contributed by atoms with Gasteiger partial charge >= 0.3 is 0 Å². The summed E-state index contributed by atoms with van der Waals surface area (Å²) in [5.41, 5.74) is 1.30. The number of anilines is 1. The van der Waals surface area contributed by atoms with Gasteiger partial charge in [-0.1, -0.05) is 6.07 Å². The number of hydrogen-bond donors (Lipinski definition) is 1. The van der Waals surface area contributed by atoms with Crippen molar-refractivity contribution in [3.05, 3.63) is 46.9 Å². The standard InChI is InChI=1S/C16H21N3S/c1-13(16-3-2-12-20-16)18-14-6-10-19(11-7-14)15-4-8-17-9-5-15/h2-5,8-9,12-14,18H,6-7,10-11H2,1H3/t13-/m0/s1. The average molecular weight is 287 g/mol. The van der Waals surface area contributed by atoms with E-state index < -0.39 is 0 Å². The third-order valence-electron chi connectivity index (χ3n) is 3.98. The molecule has 1 saturated heterocycles. The molecule has 1 aliphatic rings. The summed E-state index contributed by atoms with van der Waals surface area (Å²) >= 11 is 1.84. The maximum atomic E-state index is 4.09. The Kier molecular flexibility index (Phi) is 4.33. The molecule has 4 heteroatoms. The van der Waals surface area contributed by atoms with Crippen molar-refractivity contribution in [1.82, 2.24) is 10.3 Å². The van der Waals surface area contributed by atoms with Crippen LogP contribution in [0.3, 0.4) is 0 Å². The minimum Gasteiger partial charge on any atom is -0.371 e. The first-order valence-electron chi connectivity index (χ1n) is 7.27. The van der Waals surface area contributed by atoms with E-state index in [1.54, 1.807) is 0 Å². The Labute approximate surface area is 124 Å². The molecular weight excluding hydrogens is 266 g/mol. The molecule has 0 bridgehead atoms. The van der Waals surface area contributed by atoms with Crippen molar-refractivity contribution in [2.24, 2.45) is 0 Å². The van der Waals surface area contributed by atoms with Gasteiger partial charge in [-0.2, -0.15) is 0 Å². The van der Waals surface area contributed by atoms with E-state index in [1.165, 1.54) is 23.4 Å². The lowest BCUT2D eigenvalue weighted by atomic mass is 10.0. The molecule has 1 fully saturated rings. The highest BCUT2D eigenvalue weighted by molar-refractivity contribution is 7.10. The van der Waals surface area contributed by atoms with Crippen LogP contribution < -0.4 is 10.2 Å². The normalized spacial score (nSPS) is 18.1. The van der Waals surface area contributed by atoms with Gasteiger partial charge in [0, 0.05) is 48.1 Å². The molecule has 0 saturated carbocycles. The number of nitrogens with zero attached hydrogens (tertiary/aromatic N) is 2. The van der Waals surface area contributed by atoms with E-state index in [4.69, 9.17) is 0 Å². The fourth-order valence-electron chi connectivity index (χ4n) is 2.83. The molecule has 2 aromatic rings. The SMILES string of the molecule is C[C@H](NC1CCN(c2ccncc2)CC1)c1cccs1. The number of pyridine rings is 1. The van der Waals surface area contributed by atoms with Crippen molar-refractivity contribution in [2.45, 2.75) is 31.8 Å². The number of piperidine rings is 1. The summed E-state index contributed by atoms with van der Waals surface area (Å²) in [7, 11) is 0. The Morgan fingerprint density at radius 3 is 2.65 bits per heavy atom. The van der Waals surface area contributed by atoms with Crippen molar-refractivity contribution in [3.8, 4) is 0 Å². The summed E-state index contributed by atoms with van der Waals surface area (Å²) in [5.74, 6) is 0. The van der Waals surface area contributed by atoms with E-state index in [0.29, 0.717) is 12.1 Å². The zero-order valence-corrected chi connectivity index (χ0v) is 12.6. The van der Waals surface area contributed by atoms with Crippen LogP contribution in [0.15, 0.2) is 42.0 Å². The van der Waals surface area contributed by atoms with Crippen molar-refractivity contribution in [2.75, 3.05) is 18.0 Å². The van der Waals surface area contributed by atoms with Gasteiger partial charge in [-0.25, -0.2) is 0 Å². The van der Waals surface area contributed by atoms with E-state index in [1.807, 2.05) is 23.7 Å². The highest BCUT2D eigenvalue weighted by atomic mass is 32.1. The van der Waals surface area contributed by atoms with Crippen molar-refractivity contribution in [3.63, 3.8) is 0 Å². The zero-order valence-electron chi connectivity index (χ0n) is 11.8. The smallest absolute Gasteiger partial charge is 0.0397 e. The van der Waals surface area contributed by atoms with E-state index >= 15 is 0 Å². The fraction of sp³-hybridized carbons (Fsp3) is 0.438. The van der Waals surface area contributed by atoms with Crippen LogP contribution in [0.25, 0.3) is 0 Å². The maximum absolute atomic E-state index is 4.09. The molecule has 1 aliphatic heterocycles. The number of hydrogen-bond acceptors (Lipinski definition) is 4. The predicted octanol–water partition coefficient (Wildman–Crippen LogP) is 3.46. The van der Waals surface area contributed by atoms with Crippen LogP contribution >= 0.6 is 11.3 Å². The van der Waals surface area contributed by atoms with Gasteiger partial charge in [0.2, 0.25) is 0 Å². The Balaban J connectivity index is 1.51. The second-order valence-corrected chi connectivity index (χ2v) is 6.35. The average Bonchev–Trinajstić information content (AvgIpc) is 3.03. The van der Waals surface area contributed by atoms with Gasteiger partial charge in [0.25, 0.3) is 0 Å². The molecule has 20 heavy (non-hydrogen) atoms. The van der Waals surface area contributed by atoms with E-state index in [0.717, 1.165) is 13.1 Å². The van der Waals surface area contributed by atoms with Gasteiger partial charge in [0.05, 0.1) is 0 Å². The molecule has 3 nitrogen and oxygen atoms in total. The molecule has 3 rings (SSSR count). The monoisotopic (exact) mass is 287 g/mol. The molecule has 106 valence electrons. The lowest BCUT2D eigenvalue weighted by Crippen LogP contribution is -2.43. The summed E-state index contributed by atoms with van der Waals surface area (Å²) in [4.78, 5) is 7.97. The minimum atomic E-state index is 0.465. The third-order valence-corrected chi connectivity index (χ3v) is 5.03. The largest absolute Gasteiger partial charge is 0.371 e. The Morgan fingerprint density at radius 2 is 2.00 bits per heavy atom. The van der Waals surface area contributed by atoms with Crippen LogP contribution in [0.4, 0.5) is 5.69 Å². The first kappa shape index (κ1) is 13.6. The summed E-state index contributed by atoms with van der Waals surface area (Å²) in [6, 6.07) is 9.64. The highest BCUT2D eigenvalue weighted by Gasteiger charge is 2.21. The van der Waals surface area contributed by atoms with E-state index in [-0.39, 0.29) is 0 Å². The van der Waals surface area contributed by atoms with Crippen LogP contribution in [-0.2, 0) is 0 Å². The molecule has 0 unspecified atom stereocenters. The van der Waals surface area contributed by atoms with Gasteiger partial charge < -0.3 is 10.2 Å². The van der Waals surface area contributed by atoms with Crippen LogP contribution in [0, 0.1) is 0 Å². The highest BCUT2D eigenvalue weighted by Crippen LogP contribution is 2.23. The molecule has 0 amide bonds.